The molecule has 1 fully saturated rings. The van der Waals surface area contributed by atoms with E-state index in [1.165, 1.54) is 25.1 Å². The van der Waals surface area contributed by atoms with E-state index in [1.807, 2.05) is 13.8 Å². The van der Waals surface area contributed by atoms with Crippen LogP contribution in [0.4, 0.5) is 0 Å². The Morgan fingerprint density at radius 3 is 2.68 bits per heavy atom. The van der Waals surface area contributed by atoms with Crippen molar-refractivity contribution in [3.8, 4) is 0 Å². The largest absolute Gasteiger partial charge is 0.477 e. The van der Waals surface area contributed by atoms with Crippen LogP contribution in [0, 0.1) is 5.92 Å². The van der Waals surface area contributed by atoms with Gasteiger partial charge in [-0.2, -0.15) is 0 Å². The fourth-order valence-corrected chi connectivity index (χ4v) is 1.95. The highest BCUT2D eigenvalue weighted by Gasteiger charge is 2.28. The van der Waals surface area contributed by atoms with Crippen molar-refractivity contribution in [2.75, 3.05) is 6.54 Å². The normalized spacial score (nSPS) is 14.5. The van der Waals surface area contributed by atoms with Crippen LogP contribution in [0.25, 0.3) is 0 Å². The summed E-state index contributed by atoms with van der Waals surface area (Å²) in [5.74, 6) is -0.633. The molecule has 1 aromatic rings. The molecule has 1 saturated carbocycles. The van der Waals surface area contributed by atoms with Gasteiger partial charge in [0.1, 0.15) is 5.69 Å². The van der Waals surface area contributed by atoms with Crippen molar-refractivity contribution in [3.05, 3.63) is 29.6 Å². The first-order chi connectivity index (χ1) is 8.99. The Balaban J connectivity index is 2.20. The molecule has 1 N–H and O–H groups in total. The van der Waals surface area contributed by atoms with Crippen molar-refractivity contribution >= 4 is 11.9 Å². The van der Waals surface area contributed by atoms with Gasteiger partial charge in [0.25, 0.3) is 5.91 Å². The molecule has 5 nitrogen and oxygen atoms in total. The van der Waals surface area contributed by atoms with Crippen LogP contribution in [-0.2, 0) is 0 Å². The van der Waals surface area contributed by atoms with E-state index in [-0.39, 0.29) is 17.6 Å². The standard InChI is InChI=1S/C14H18N2O3/c1-9(2)16(8-10-3-4-10)13(17)11-5-6-15-12(7-11)14(18)19/h5-7,9-10H,3-4,8H2,1-2H3,(H,18,19). The van der Waals surface area contributed by atoms with Crippen LogP contribution in [0.2, 0.25) is 0 Å². The number of rotatable bonds is 5. The van der Waals surface area contributed by atoms with Crippen molar-refractivity contribution in [3.63, 3.8) is 0 Å². The van der Waals surface area contributed by atoms with E-state index >= 15 is 0 Å². The van der Waals surface area contributed by atoms with Gasteiger partial charge in [0, 0.05) is 24.3 Å². The zero-order valence-corrected chi connectivity index (χ0v) is 11.2. The number of carboxylic acid groups (broad SMARTS) is 1. The summed E-state index contributed by atoms with van der Waals surface area (Å²) >= 11 is 0. The Morgan fingerprint density at radius 2 is 2.16 bits per heavy atom. The fraction of sp³-hybridized carbons (Fsp3) is 0.500. The molecule has 1 aliphatic carbocycles. The predicted octanol–water partition coefficient (Wildman–Crippen LogP) is 2.04. The molecule has 0 spiro atoms. The lowest BCUT2D eigenvalue weighted by Gasteiger charge is -2.27. The van der Waals surface area contributed by atoms with Gasteiger partial charge in [0.15, 0.2) is 0 Å². The summed E-state index contributed by atoms with van der Waals surface area (Å²) in [4.78, 5) is 28.8. The van der Waals surface area contributed by atoms with Gasteiger partial charge in [0.05, 0.1) is 0 Å². The van der Waals surface area contributed by atoms with Crippen LogP contribution in [0.3, 0.4) is 0 Å². The molecule has 19 heavy (non-hydrogen) atoms. The highest BCUT2D eigenvalue weighted by molar-refractivity contribution is 5.96. The van der Waals surface area contributed by atoms with Gasteiger partial charge >= 0.3 is 5.97 Å². The van der Waals surface area contributed by atoms with Gasteiger partial charge in [-0.1, -0.05) is 0 Å². The van der Waals surface area contributed by atoms with E-state index in [0.717, 1.165) is 6.54 Å². The third-order valence-corrected chi connectivity index (χ3v) is 3.26. The SMILES string of the molecule is CC(C)N(CC1CC1)C(=O)c1ccnc(C(=O)O)c1. The number of aromatic nitrogens is 1. The lowest BCUT2D eigenvalue weighted by atomic mass is 10.1. The summed E-state index contributed by atoms with van der Waals surface area (Å²) in [7, 11) is 0. The van der Waals surface area contributed by atoms with Crippen molar-refractivity contribution in [2.24, 2.45) is 5.92 Å². The molecular weight excluding hydrogens is 244 g/mol. The van der Waals surface area contributed by atoms with Gasteiger partial charge in [-0.25, -0.2) is 9.78 Å². The molecule has 0 aliphatic heterocycles. The summed E-state index contributed by atoms with van der Waals surface area (Å²) < 4.78 is 0. The summed E-state index contributed by atoms with van der Waals surface area (Å²) in [6.45, 7) is 4.69. The van der Waals surface area contributed by atoms with Crippen LogP contribution in [0.5, 0.6) is 0 Å². The summed E-state index contributed by atoms with van der Waals surface area (Å²) in [6.07, 6.45) is 3.72. The maximum atomic E-state index is 12.4. The first kappa shape index (κ1) is 13.5. The Morgan fingerprint density at radius 1 is 1.47 bits per heavy atom. The number of hydrogen-bond donors (Lipinski definition) is 1. The Labute approximate surface area is 112 Å². The maximum absolute atomic E-state index is 12.4. The number of nitrogens with zero attached hydrogens (tertiary/aromatic N) is 2. The third kappa shape index (κ3) is 3.30. The summed E-state index contributed by atoms with van der Waals surface area (Å²) in [5.41, 5.74) is 0.294. The van der Waals surface area contributed by atoms with Crippen molar-refractivity contribution in [1.82, 2.24) is 9.88 Å². The molecule has 1 aliphatic rings. The second-order valence-corrected chi connectivity index (χ2v) is 5.23. The lowest BCUT2D eigenvalue weighted by molar-refractivity contribution is 0.0690. The van der Waals surface area contributed by atoms with Crippen molar-refractivity contribution < 1.29 is 14.7 Å². The van der Waals surface area contributed by atoms with Crippen LogP contribution >= 0.6 is 0 Å². The Kier molecular flexibility index (Phi) is 3.83. The molecule has 0 bridgehead atoms. The summed E-state index contributed by atoms with van der Waals surface area (Å²) in [6, 6.07) is 3.01. The molecule has 1 heterocycles. The molecule has 0 aromatic carbocycles. The van der Waals surface area contributed by atoms with Gasteiger partial charge < -0.3 is 10.0 Å². The number of aromatic carboxylic acids is 1. The number of carboxylic acids is 1. The van der Waals surface area contributed by atoms with Gasteiger partial charge in [-0.15, -0.1) is 0 Å². The lowest BCUT2D eigenvalue weighted by Crippen LogP contribution is -2.38. The smallest absolute Gasteiger partial charge is 0.354 e. The number of carbonyl (C=O) groups excluding carboxylic acids is 1. The molecule has 2 rings (SSSR count). The quantitative estimate of drug-likeness (QED) is 0.881. The van der Waals surface area contributed by atoms with E-state index in [2.05, 4.69) is 4.98 Å². The Bertz CT molecular complexity index is 495. The third-order valence-electron chi connectivity index (χ3n) is 3.26. The molecular formula is C14H18N2O3. The van der Waals surface area contributed by atoms with Gasteiger partial charge in [-0.3, -0.25) is 4.79 Å². The molecule has 1 amide bonds. The number of amides is 1. The van der Waals surface area contributed by atoms with Gasteiger partial charge in [0.2, 0.25) is 0 Å². The van der Waals surface area contributed by atoms with Crippen molar-refractivity contribution in [1.29, 1.82) is 0 Å². The minimum atomic E-state index is -1.12. The predicted molar refractivity (Wildman–Crippen MR) is 70.1 cm³/mol. The monoisotopic (exact) mass is 262 g/mol. The van der Waals surface area contributed by atoms with Crippen LogP contribution in [0.1, 0.15) is 47.5 Å². The van der Waals surface area contributed by atoms with Crippen LogP contribution < -0.4 is 0 Å². The molecule has 5 heteroatoms. The fourth-order valence-electron chi connectivity index (χ4n) is 1.95. The van der Waals surface area contributed by atoms with Crippen LogP contribution in [-0.4, -0.2) is 39.5 Å². The van der Waals surface area contributed by atoms with E-state index in [1.54, 1.807) is 11.0 Å². The first-order valence-electron chi connectivity index (χ1n) is 6.49. The molecule has 0 radical (unpaired) electrons. The minimum Gasteiger partial charge on any atom is -0.477 e. The highest BCUT2D eigenvalue weighted by atomic mass is 16.4. The van der Waals surface area contributed by atoms with Gasteiger partial charge in [-0.05, 0) is 44.7 Å². The number of hydrogen-bond acceptors (Lipinski definition) is 3. The zero-order chi connectivity index (χ0) is 14.0. The topological polar surface area (TPSA) is 70.5 Å². The second kappa shape index (κ2) is 5.38. The maximum Gasteiger partial charge on any atom is 0.354 e. The van der Waals surface area contributed by atoms with Crippen LogP contribution in [0.15, 0.2) is 18.3 Å². The average molecular weight is 262 g/mol. The molecule has 102 valence electrons. The Hall–Kier alpha value is -1.91. The molecule has 1 aromatic heterocycles. The second-order valence-electron chi connectivity index (χ2n) is 5.23. The van der Waals surface area contributed by atoms with E-state index in [0.29, 0.717) is 11.5 Å². The highest BCUT2D eigenvalue weighted by Crippen LogP contribution is 2.30. The van der Waals surface area contributed by atoms with E-state index < -0.39 is 5.97 Å². The summed E-state index contributed by atoms with van der Waals surface area (Å²) in [5, 5.41) is 8.91. The number of pyridine rings is 1. The molecule has 0 unspecified atom stereocenters. The average Bonchev–Trinajstić information content (AvgIpc) is 3.19. The van der Waals surface area contributed by atoms with E-state index in [9.17, 15) is 9.59 Å². The number of carbonyl (C=O) groups is 2. The van der Waals surface area contributed by atoms with Crippen molar-refractivity contribution in [2.45, 2.75) is 32.7 Å². The molecule has 0 atom stereocenters. The zero-order valence-electron chi connectivity index (χ0n) is 11.2. The first-order valence-corrected chi connectivity index (χ1v) is 6.49. The van der Waals surface area contributed by atoms with E-state index in [4.69, 9.17) is 5.11 Å². The molecule has 0 saturated heterocycles. The minimum absolute atomic E-state index is 0.0963.